The summed E-state index contributed by atoms with van der Waals surface area (Å²) in [5.41, 5.74) is 3.02. The van der Waals surface area contributed by atoms with Crippen LogP contribution in [0.2, 0.25) is 0 Å². The van der Waals surface area contributed by atoms with Crippen LogP contribution >= 0.6 is 0 Å². The molecule has 0 heterocycles. The van der Waals surface area contributed by atoms with Crippen LogP contribution in [0.25, 0.3) is 0 Å². The average Bonchev–Trinajstić information content (AvgIpc) is 2.88. The number of Topliss-reactive ketones (excluding diaryl/α,β-unsaturated/α-hetero) is 1. The van der Waals surface area contributed by atoms with Crippen molar-refractivity contribution in [1.29, 1.82) is 0 Å². The summed E-state index contributed by atoms with van der Waals surface area (Å²) < 4.78 is 5.36. The third-order valence-electron chi connectivity index (χ3n) is 6.01. The molecule has 3 aliphatic rings. The van der Waals surface area contributed by atoms with Crippen LogP contribution in [0.3, 0.4) is 0 Å². The van der Waals surface area contributed by atoms with E-state index in [2.05, 4.69) is 18.2 Å². The van der Waals surface area contributed by atoms with Gasteiger partial charge in [-0.05, 0) is 73.1 Å². The van der Waals surface area contributed by atoms with E-state index in [1.165, 1.54) is 18.4 Å². The summed E-state index contributed by atoms with van der Waals surface area (Å²) in [5, 5.41) is 0. The second-order valence-corrected chi connectivity index (χ2v) is 6.73. The summed E-state index contributed by atoms with van der Waals surface area (Å²) >= 11 is 0. The molecule has 2 fully saturated rings. The predicted octanol–water partition coefficient (Wildman–Crippen LogP) is 3.73. The Kier molecular flexibility index (Phi) is 2.87. The first-order chi connectivity index (χ1) is 9.78. The average molecular weight is 270 g/mol. The van der Waals surface area contributed by atoms with Gasteiger partial charge in [-0.1, -0.05) is 6.07 Å². The highest BCUT2D eigenvalue weighted by Gasteiger charge is 2.47. The van der Waals surface area contributed by atoms with Gasteiger partial charge in [0, 0.05) is 12.3 Å². The van der Waals surface area contributed by atoms with Crippen LogP contribution in [-0.4, -0.2) is 12.9 Å². The van der Waals surface area contributed by atoms with E-state index in [0.717, 1.165) is 37.4 Å². The van der Waals surface area contributed by atoms with Crippen LogP contribution < -0.4 is 4.74 Å². The van der Waals surface area contributed by atoms with E-state index in [9.17, 15) is 4.79 Å². The lowest BCUT2D eigenvalue weighted by molar-refractivity contribution is -0.122. The van der Waals surface area contributed by atoms with Crippen LogP contribution in [0.1, 0.15) is 49.1 Å². The molecular weight excluding hydrogens is 248 g/mol. The maximum atomic E-state index is 12.0. The molecule has 1 aromatic carbocycles. The molecule has 3 aliphatic carbocycles. The summed E-state index contributed by atoms with van der Waals surface area (Å²) in [5.74, 6) is 4.05. The Morgan fingerprint density at radius 2 is 1.75 bits per heavy atom. The minimum absolute atomic E-state index is 0.399. The van der Waals surface area contributed by atoms with Crippen LogP contribution in [0.15, 0.2) is 18.2 Å². The van der Waals surface area contributed by atoms with Gasteiger partial charge in [-0.15, -0.1) is 0 Å². The first-order valence-electron chi connectivity index (χ1n) is 7.97. The van der Waals surface area contributed by atoms with Gasteiger partial charge in [0.2, 0.25) is 0 Å². The van der Waals surface area contributed by atoms with Crippen molar-refractivity contribution in [3.8, 4) is 5.75 Å². The van der Waals surface area contributed by atoms with Crippen molar-refractivity contribution in [1.82, 2.24) is 0 Å². The number of ether oxygens (including phenoxy) is 1. The molecule has 2 heteroatoms. The van der Waals surface area contributed by atoms with E-state index in [-0.39, 0.29) is 0 Å². The molecule has 4 atom stereocenters. The van der Waals surface area contributed by atoms with Crippen LogP contribution in [0.4, 0.5) is 0 Å². The van der Waals surface area contributed by atoms with Gasteiger partial charge in [-0.2, -0.15) is 0 Å². The Bertz CT molecular complexity index is 548. The Labute approximate surface area is 120 Å². The molecule has 0 aromatic heterocycles. The number of fused-ring (bicyclic) bond motifs is 5. The molecule has 1 aromatic rings. The molecular formula is C18H22O2. The zero-order valence-electron chi connectivity index (χ0n) is 12.1. The Hall–Kier alpha value is -1.31. The number of aryl methyl sites for hydroxylation is 1. The summed E-state index contributed by atoms with van der Waals surface area (Å²) in [6, 6.07) is 6.60. The number of hydrogen-bond acceptors (Lipinski definition) is 2. The number of rotatable bonds is 1. The van der Waals surface area contributed by atoms with Crippen LogP contribution in [0.5, 0.6) is 5.75 Å². The fraction of sp³-hybridized carbons (Fsp3) is 0.611. The largest absolute Gasteiger partial charge is 0.497 e. The first-order valence-corrected chi connectivity index (χ1v) is 7.97. The number of carbonyl (C=O) groups excluding carboxylic acids is 1. The Balaban J connectivity index is 1.67. The summed E-state index contributed by atoms with van der Waals surface area (Å²) in [6.45, 7) is 0. The van der Waals surface area contributed by atoms with Crippen molar-refractivity contribution in [3.05, 3.63) is 29.3 Å². The monoisotopic (exact) mass is 270 g/mol. The van der Waals surface area contributed by atoms with E-state index >= 15 is 0 Å². The van der Waals surface area contributed by atoms with Crippen molar-refractivity contribution >= 4 is 5.78 Å². The Morgan fingerprint density at radius 3 is 2.60 bits per heavy atom. The summed E-state index contributed by atoms with van der Waals surface area (Å²) in [7, 11) is 1.74. The summed E-state index contributed by atoms with van der Waals surface area (Å²) in [6.07, 6.45) is 6.74. The molecule has 20 heavy (non-hydrogen) atoms. The maximum Gasteiger partial charge on any atom is 0.136 e. The van der Waals surface area contributed by atoms with Crippen molar-refractivity contribution in [2.45, 2.75) is 44.4 Å². The fourth-order valence-corrected chi connectivity index (χ4v) is 5.10. The quantitative estimate of drug-likeness (QED) is 0.777. The molecule has 0 amide bonds. The molecule has 1 unspecified atom stereocenters. The number of ketones is 1. The van der Waals surface area contributed by atoms with E-state index in [1.54, 1.807) is 12.7 Å². The van der Waals surface area contributed by atoms with Gasteiger partial charge in [-0.25, -0.2) is 0 Å². The van der Waals surface area contributed by atoms with Crippen molar-refractivity contribution < 1.29 is 9.53 Å². The molecule has 2 saturated carbocycles. The highest BCUT2D eigenvalue weighted by molar-refractivity contribution is 5.83. The van der Waals surface area contributed by atoms with Gasteiger partial charge in [-0.3, -0.25) is 4.79 Å². The zero-order chi connectivity index (χ0) is 13.7. The van der Waals surface area contributed by atoms with Crippen molar-refractivity contribution in [2.75, 3.05) is 7.11 Å². The van der Waals surface area contributed by atoms with Crippen LogP contribution in [-0.2, 0) is 11.2 Å². The molecule has 0 bridgehead atoms. The number of benzene rings is 1. The van der Waals surface area contributed by atoms with Gasteiger partial charge in [0.15, 0.2) is 0 Å². The lowest BCUT2D eigenvalue weighted by atomic mass is 9.61. The minimum Gasteiger partial charge on any atom is -0.497 e. The SMILES string of the molecule is COc1ccc2c(c1)CC[C@@H]1[C@@H]2CCC2C(=O)CC[C@H]21. The van der Waals surface area contributed by atoms with Gasteiger partial charge in [0.25, 0.3) is 0 Å². The van der Waals surface area contributed by atoms with E-state index in [0.29, 0.717) is 23.5 Å². The highest BCUT2D eigenvalue weighted by atomic mass is 16.5. The van der Waals surface area contributed by atoms with Gasteiger partial charge < -0.3 is 4.74 Å². The predicted molar refractivity (Wildman–Crippen MR) is 78.0 cm³/mol. The Morgan fingerprint density at radius 1 is 1.00 bits per heavy atom. The lowest BCUT2D eigenvalue weighted by Crippen LogP contribution is -2.35. The van der Waals surface area contributed by atoms with Gasteiger partial charge in [0.1, 0.15) is 11.5 Å². The van der Waals surface area contributed by atoms with E-state index in [4.69, 9.17) is 4.74 Å². The normalized spacial score (nSPS) is 35.1. The fourth-order valence-electron chi connectivity index (χ4n) is 5.10. The number of carbonyl (C=O) groups is 1. The molecule has 0 radical (unpaired) electrons. The maximum absolute atomic E-state index is 12.0. The second-order valence-electron chi connectivity index (χ2n) is 6.73. The molecule has 0 aliphatic heterocycles. The lowest BCUT2D eigenvalue weighted by Gasteiger charge is -2.43. The van der Waals surface area contributed by atoms with Crippen molar-refractivity contribution in [2.24, 2.45) is 17.8 Å². The first kappa shape index (κ1) is 12.4. The summed E-state index contributed by atoms with van der Waals surface area (Å²) in [4.78, 5) is 12.0. The highest BCUT2D eigenvalue weighted by Crippen LogP contribution is 2.54. The van der Waals surface area contributed by atoms with Gasteiger partial charge in [0.05, 0.1) is 7.11 Å². The van der Waals surface area contributed by atoms with E-state index in [1.807, 2.05) is 0 Å². The molecule has 4 rings (SSSR count). The number of methoxy groups -OCH3 is 1. The van der Waals surface area contributed by atoms with E-state index < -0.39 is 0 Å². The zero-order valence-corrected chi connectivity index (χ0v) is 12.1. The topological polar surface area (TPSA) is 26.3 Å². The smallest absolute Gasteiger partial charge is 0.136 e. The molecule has 106 valence electrons. The minimum atomic E-state index is 0.399. The molecule has 0 spiro atoms. The molecule has 0 saturated heterocycles. The van der Waals surface area contributed by atoms with Crippen LogP contribution in [0, 0.1) is 17.8 Å². The third-order valence-corrected chi connectivity index (χ3v) is 6.01. The van der Waals surface area contributed by atoms with Gasteiger partial charge >= 0.3 is 0 Å². The second kappa shape index (κ2) is 4.61. The standard InChI is InChI=1S/C18H22O2/c1-20-12-3-5-13-11(10-12)2-4-15-14(13)6-7-17-16(15)8-9-18(17)19/h3,5,10,14-17H,2,4,6-9H2,1H3/t14-,15-,16+,17?/m1/s1. The number of hydrogen-bond donors (Lipinski definition) is 0. The molecule has 0 N–H and O–H groups in total. The van der Waals surface area contributed by atoms with Crippen molar-refractivity contribution in [3.63, 3.8) is 0 Å². The molecule has 2 nitrogen and oxygen atoms in total. The third kappa shape index (κ3) is 1.73.